The smallest absolute Gasteiger partial charge is 0.408 e. The molecule has 4 atom stereocenters. The number of rotatable bonds is 15. The largest absolute Gasteiger partial charge is 0.445 e. The van der Waals surface area contributed by atoms with Crippen LogP contribution in [-0.2, 0) is 41.7 Å². The molecule has 46 heavy (non-hydrogen) atoms. The third kappa shape index (κ3) is 11.6. The van der Waals surface area contributed by atoms with Crippen LogP contribution in [0.1, 0.15) is 64.5 Å². The van der Waals surface area contributed by atoms with E-state index in [0.717, 1.165) is 11.1 Å². The number of hydrogen-bond acceptors (Lipinski definition) is 7. The topological polar surface area (TPSA) is 172 Å². The Balaban J connectivity index is 1.75. The number of amides is 5. The molecule has 2 aromatic rings. The Morgan fingerprint density at radius 1 is 0.848 bits per heavy atom. The Labute approximate surface area is 269 Å². The van der Waals surface area contributed by atoms with Crippen molar-refractivity contribution in [2.24, 2.45) is 5.92 Å². The number of benzene rings is 2. The van der Waals surface area contributed by atoms with Crippen LogP contribution in [0, 0.1) is 5.92 Å². The van der Waals surface area contributed by atoms with Crippen molar-refractivity contribution in [3.63, 3.8) is 0 Å². The summed E-state index contributed by atoms with van der Waals surface area (Å²) >= 11 is 0. The Morgan fingerprint density at radius 2 is 1.43 bits per heavy atom. The van der Waals surface area contributed by atoms with E-state index in [4.69, 9.17) is 4.74 Å². The van der Waals surface area contributed by atoms with Crippen LogP contribution in [0.2, 0.25) is 0 Å². The number of carbonyl (C=O) groups is 6. The van der Waals surface area contributed by atoms with Gasteiger partial charge in [0.1, 0.15) is 18.7 Å². The van der Waals surface area contributed by atoms with E-state index in [0.29, 0.717) is 19.4 Å². The van der Waals surface area contributed by atoms with E-state index in [1.165, 1.54) is 0 Å². The van der Waals surface area contributed by atoms with Gasteiger partial charge >= 0.3 is 6.09 Å². The van der Waals surface area contributed by atoms with Crippen molar-refractivity contribution in [1.29, 1.82) is 0 Å². The highest BCUT2D eigenvalue weighted by Gasteiger charge is 2.36. The summed E-state index contributed by atoms with van der Waals surface area (Å²) in [5.41, 5.74) is 0.845. The second-order valence-corrected chi connectivity index (χ2v) is 12.4. The van der Waals surface area contributed by atoms with Crippen LogP contribution < -0.4 is 26.6 Å². The van der Waals surface area contributed by atoms with E-state index in [9.17, 15) is 28.8 Å². The SMILES string of the molecule is CCC[C@H](NC(=O)[C@@H](Cc1ccccc1)NC(=O)OCc1ccccc1)C(=O)N[C@@H](C[C@@H]1CCNC1=O)C(=O)C(=O)NC(C)(C)C. The molecule has 1 aliphatic rings. The average molecular weight is 636 g/mol. The van der Waals surface area contributed by atoms with Crippen LogP contribution in [0.4, 0.5) is 4.79 Å². The minimum Gasteiger partial charge on any atom is -0.445 e. The molecule has 12 nitrogen and oxygen atoms in total. The molecular weight excluding hydrogens is 590 g/mol. The van der Waals surface area contributed by atoms with Crippen molar-refractivity contribution in [2.75, 3.05) is 6.54 Å². The summed E-state index contributed by atoms with van der Waals surface area (Å²) in [4.78, 5) is 78.3. The molecule has 1 saturated heterocycles. The number of ether oxygens (including phenoxy) is 1. The highest BCUT2D eigenvalue weighted by Crippen LogP contribution is 2.18. The van der Waals surface area contributed by atoms with E-state index < -0.39 is 59.2 Å². The number of carbonyl (C=O) groups excluding carboxylic acids is 6. The van der Waals surface area contributed by atoms with Gasteiger partial charge in [-0.25, -0.2) is 4.79 Å². The van der Waals surface area contributed by atoms with E-state index in [1.54, 1.807) is 32.9 Å². The van der Waals surface area contributed by atoms with Crippen molar-refractivity contribution in [2.45, 2.75) is 90.1 Å². The van der Waals surface area contributed by atoms with Gasteiger partial charge in [0.25, 0.3) is 5.91 Å². The molecule has 0 aromatic heterocycles. The zero-order valence-electron chi connectivity index (χ0n) is 26.9. The zero-order valence-corrected chi connectivity index (χ0v) is 26.9. The van der Waals surface area contributed by atoms with Crippen LogP contribution >= 0.6 is 0 Å². The first-order chi connectivity index (χ1) is 21.9. The molecule has 2 aromatic carbocycles. The van der Waals surface area contributed by atoms with Gasteiger partial charge in [-0.1, -0.05) is 74.0 Å². The summed E-state index contributed by atoms with van der Waals surface area (Å²) in [6, 6.07) is 14.7. The molecule has 0 saturated carbocycles. The highest BCUT2D eigenvalue weighted by atomic mass is 16.5. The maximum Gasteiger partial charge on any atom is 0.408 e. The molecule has 0 unspecified atom stereocenters. The molecule has 0 aliphatic carbocycles. The Bertz CT molecular complexity index is 1360. The molecule has 5 N–H and O–H groups in total. The number of alkyl carbamates (subject to hydrolysis) is 1. The fraction of sp³-hybridized carbons (Fsp3) is 0.471. The maximum absolute atomic E-state index is 13.6. The molecule has 0 radical (unpaired) electrons. The van der Waals surface area contributed by atoms with Gasteiger partial charge in [-0.3, -0.25) is 24.0 Å². The lowest BCUT2D eigenvalue weighted by Crippen LogP contribution is -2.58. The number of nitrogens with one attached hydrogen (secondary N) is 5. The predicted octanol–water partition coefficient (Wildman–Crippen LogP) is 2.30. The molecule has 3 rings (SSSR count). The molecule has 1 aliphatic heterocycles. The summed E-state index contributed by atoms with van der Waals surface area (Å²) in [6.45, 7) is 7.44. The summed E-state index contributed by atoms with van der Waals surface area (Å²) in [5, 5.41) is 13.3. The first-order valence-corrected chi connectivity index (χ1v) is 15.6. The van der Waals surface area contributed by atoms with Gasteiger partial charge in [0.05, 0.1) is 6.04 Å². The van der Waals surface area contributed by atoms with Crippen molar-refractivity contribution in [3.8, 4) is 0 Å². The number of hydrogen-bond donors (Lipinski definition) is 5. The van der Waals surface area contributed by atoms with Gasteiger partial charge in [0, 0.05) is 24.4 Å². The Hall–Kier alpha value is -4.74. The molecule has 12 heteroatoms. The summed E-state index contributed by atoms with van der Waals surface area (Å²) in [6.07, 6.45) is 0.434. The standard InChI is InChI=1S/C34H45N5O7/c1-5-12-25(30(42)37-26(20-24-17-18-35-29(24)41)28(40)32(44)39-34(2,3)4)36-31(43)27(19-22-13-8-6-9-14-22)38-33(45)46-21-23-15-10-7-11-16-23/h6-11,13-16,24-27H,5,12,17-21H2,1-4H3,(H,35,41)(H,36,43)(H,37,42)(H,38,45)(H,39,44)/t24-,25-,26-,27+/m0/s1. The third-order valence-corrected chi connectivity index (χ3v) is 7.34. The molecule has 0 spiro atoms. The predicted molar refractivity (Wildman–Crippen MR) is 171 cm³/mol. The van der Waals surface area contributed by atoms with Crippen molar-refractivity contribution >= 4 is 35.5 Å². The van der Waals surface area contributed by atoms with Gasteiger partial charge in [0.2, 0.25) is 23.5 Å². The van der Waals surface area contributed by atoms with E-state index in [1.807, 2.05) is 55.5 Å². The maximum atomic E-state index is 13.6. The minimum atomic E-state index is -1.29. The lowest BCUT2D eigenvalue weighted by Gasteiger charge is -2.26. The summed E-state index contributed by atoms with van der Waals surface area (Å²) in [5.74, 6) is -3.88. The Kier molecular flexibility index (Phi) is 13.3. The van der Waals surface area contributed by atoms with E-state index in [-0.39, 0.29) is 31.8 Å². The van der Waals surface area contributed by atoms with E-state index >= 15 is 0 Å². The zero-order chi connectivity index (χ0) is 33.7. The molecule has 0 bridgehead atoms. The Morgan fingerprint density at radius 3 is 2.00 bits per heavy atom. The molecule has 1 fully saturated rings. The molecule has 5 amide bonds. The second-order valence-electron chi connectivity index (χ2n) is 12.4. The van der Waals surface area contributed by atoms with Crippen molar-refractivity contribution in [1.82, 2.24) is 26.6 Å². The lowest BCUT2D eigenvalue weighted by molar-refractivity contribution is -0.142. The fourth-order valence-corrected chi connectivity index (χ4v) is 5.01. The summed E-state index contributed by atoms with van der Waals surface area (Å²) in [7, 11) is 0. The lowest BCUT2D eigenvalue weighted by atomic mass is 9.94. The number of Topliss-reactive ketones (excluding diaryl/α,β-unsaturated/α-hetero) is 1. The van der Waals surface area contributed by atoms with Gasteiger partial charge in [-0.2, -0.15) is 0 Å². The van der Waals surface area contributed by atoms with Gasteiger partial charge in [-0.05, 0) is 51.2 Å². The van der Waals surface area contributed by atoms with Crippen molar-refractivity contribution in [3.05, 3.63) is 71.8 Å². The summed E-state index contributed by atoms with van der Waals surface area (Å²) < 4.78 is 5.34. The first-order valence-electron chi connectivity index (χ1n) is 15.6. The minimum absolute atomic E-state index is 0.00440. The van der Waals surface area contributed by atoms with Crippen LogP contribution in [0.15, 0.2) is 60.7 Å². The van der Waals surface area contributed by atoms with Crippen LogP contribution in [0.3, 0.4) is 0 Å². The average Bonchev–Trinajstić information content (AvgIpc) is 3.42. The normalized spacial score (nSPS) is 16.3. The number of ketones is 1. The third-order valence-electron chi connectivity index (χ3n) is 7.34. The monoisotopic (exact) mass is 635 g/mol. The van der Waals surface area contributed by atoms with Gasteiger partial charge in [-0.15, -0.1) is 0 Å². The van der Waals surface area contributed by atoms with Crippen LogP contribution in [0.25, 0.3) is 0 Å². The first kappa shape index (κ1) is 35.7. The molecule has 248 valence electrons. The second kappa shape index (κ2) is 17.1. The molecule has 1 heterocycles. The van der Waals surface area contributed by atoms with Crippen LogP contribution in [0.5, 0.6) is 0 Å². The molecular formula is C34H45N5O7. The van der Waals surface area contributed by atoms with Crippen LogP contribution in [-0.4, -0.2) is 65.7 Å². The highest BCUT2D eigenvalue weighted by molar-refractivity contribution is 6.38. The van der Waals surface area contributed by atoms with Gasteiger partial charge < -0.3 is 31.3 Å². The fourth-order valence-electron chi connectivity index (χ4n) is 5.01. The van der Waals surface area contributed by atoms with Crippen molar-refractivity contribution < 1.29 is 33.5 Å². The van der Waals surface area contributed by atoms with E-state index in [2.05, 4.69) is 26.6 Å². The quantitative estimate of drug-likeness (QED) is 0.187. The van der Waals surface area contributed by atoms with Gasteiger partial charge in [0.15, 0.2) is 0 Å².